The van der Waals surface area contributed by atoms with Crippen LogP contribution in [-0.2, 0) is 0 Å². The molecule has 0 atom stereocenters. The summed E-state index contributed by atoms with van der Waals surface area (Å²) in [7, 11) is 1.90. The highest BCUT2D eigenvalue weighted by Crippen LogP contribution is 2.28. The fraction of sp³-hybridized carbons (Fsp3) is 0.471. The fourth-order valence-corrected chi connectivity index (χ4v) is 3.06. The molecule has 2 aromatic rings. The van der Waals surface area contributed by atoms with Gasteiger partial charge in [0.15, 0.2) is 5.76 Å². The van der Waals surface area contributed by atoms with E-state index >= 15 is 0 Å². The van der Waals surface area contributed by atoms with Crippen molar-refractivity contribution >= 4 is 16.9 Å². The Morgan fingerprint density at radius 2 is 1.90 bits per heavy atom. The van der Waals surface area contributed by atoms with Crippen molar-refractivity contribution < 1.29 is 9.21 Å². The first-order valence-electron chi connectivity index (χ1n) is 7.41. The van der Waals surface area contributed by atoms with Gasteiger partial charge in [-0.1, -0.05) is 25.1 Å². The molecule has 1 aliphatic carbocycles. The first kappa shape index (κ1) is 13.2. The van der Waals surface area contributed by atoms with Crippen molar-refractivity contribution in [3.8, 4) is 0 Å². The Morgan fingerprint density at radius 3 is 2.60 bits per heavy atom. The third-order valence-electron chi connectivity index (χ3n) is 4.49. The summed E-state index contributed by atoms with van der Waals surface area (Å²) in [6.45, 7) is 2.29. The number of nitrogens with zero attached hydrogens (tertiary/aromatic N) is 1. The molecule has 0 radical (unpaired) electrons. The minimum Gasteiger partial charge on any atom is -0.451 e. The van der Waals surface area contributed by atoms with E-state index in [9.17, 15) is 4.79 Å². The van der Waals surface area contributed by atoms with E-state index in [4.69, 9.17) is 4.42 Å². The van der Waals surface area contributed by atoms with Crippen molar-refractivity contribution in [3.05, 3.63) is 36.1 Å². The average molecular weight is 271 g/mol. The summed E-state index contributed by atoms with van der Waals surface area (Å²) in [6.07, 6.45) is 4.62. The molecule has 0 spiro atoms. The van der Waals surface area contributed by atoms with E-state index in [1.807, 2.05) is 42.3 Å². The normalized spacial score (nSPS) is 22.9. The predicted molar refractivity (Wildman–Crippen MR) is 79.7 cm³/mol. The number of fused-ring (bicyclic) bond motifs is 1. The second-order valence-corrected chi connectivity index (χ2v) is 5.98. The predicted octanol–water partition coefficient (Wildman–Crippen LogP) is 4.08. The lowest BCUT2D eigenvalue weighted by Gasteiger charge is -2.33. The zero-order valence-corrected chi connectivity index (χ0v) is 12.1. The van der Waals surface area contributed by atoms with E-state index in [0.717, 1.165) is 29.7 Å². The van der Waals surface area contributed by atoms with Crippen LogP contribution in [0, 0.1) is 5.92 Å². The van der Waals surface area contributed by atoms with Gasteiger partial charge in [-0.25, -0.2) is 0 Å². The molecule has 106 valence electrons. The van der Waals surface area contributed by atoms with E-state index in [2.05, 4.69) is 6.92 Å². The molecule has 3 rings (SSSR count). The minimum atomic E-state index is 0.000697. The Bertz CT molecular complexity index is 575. The average Bonchev–Trinajstić information content (AvgIpc) is 2.90. The van der Waals surface area contributed by atoms with Crippen LogP contribution < -0.4 is 0 Å². The highest BCUT2D eigenvalue weighted by Gasteiger charge is 2.27. The molecule has 1 aromatic heterocycles. The summed E-state index contributed by atoms with van der Waals surface area (Å²) >= 11 is 0. The van der Waals surface area contributed by atoms with Crippen LogP contribution in [0.1, 0.15) is 43.2 Å². The Morgan fingerprint density at radius 1 is 1.20 bits per heavy atom. The summed E-state index contributed by atoms with van der Waals surface area (Å²) in [5.41, 5.74) is 0.779. The van der Waals surface area contributed by atoms with Gasteiger partial charge in [-0.05, 0) is 43.7 Å². The number of para-hydroxylation sites is 1. The largest absolute Gasteiger partial charge is 0.451 e. The molecule has 1 fully saturated rings. The monoisotopic (exact) mass is 271 g/mol. The Balaban J connectivity index is 1.77. The number of furan rings is 1. The maximum absolute atomic E-state index is 12.5. The van der Waals surface area contributed by atoms with Crippen LogP contribution in [0.3, 0.4) is 0 Å². The number of hydrogen-bond acceptors (Lipinski definition) is 2. The molecule has 1 aromatic carbocycles. The molecule has 1 saturated carbocycles. The van der Waals surface area contributed by atoms with Crippen LogP contribution in [0.15, 0.2) is 34.7 Å². The van der Waals surface area contributed by atoms with Gasteiger partial charge in [-0.2, -0.15) is 0 Å². The topological polar surface area (TPSA) is 33.5 Å². The molecular formula is C17H21NO2. The number of benzene rings is 1. The Labute approximate surface area is 119 Å². The van der Waals surface area contributed by atoms with Crippen molar-refractivity contribution in [2.45, 2.75) is 38.6 Å². The molecule has 0 unspecified atom stereocenters. The third kappa shape index (κ3) is 2.45. The van der Waals surface area contributed by atoms with Crippen LogP contribution in [0.25, 0.3) is 11.0 Å². The smallest absolute Gasteiger partial charge is 0.289 e. The quantitative estimate of drug-likeness (QED) is 0.824. The van der Waals surface area contributed by atoms with Gasteiger partial charge in [0.25, 0.3) is 5.91 Å². The second kappa shape index (κ2) is 5.31. The maximum atomic E-state index is 12.5. The van der Waals surface area contributed by atoms with Gasteiger partial charge in [0.2, 0.25) is 0 Å². The van der Waals surface area contributed by atoms with Gasteiger partial charge in [0.05, 0.1) is 0 Å². The van der Waals surface area contributed by atoms with Crippen LogP contribution >= 0.6 is 0 Å². The van der Waals surface area contributed by atoms with E-state index in [-0.39, 0.29) is 5.91 Å². The van der Waals surface area contributed by atoms with Gasteiger partial charge in [-0.3, -0.25) is 4.79 Å². The van der Waals surface area contributed by atoms with Gasteiger partial charge in [-0.15, -0.1) is 0 Å². The summed E-state index contributed by atoms with van der Waals surface area (Å²) in [6, 6.07) is 9.95. The lowest BCUT2D eigenvalue weighted by atomic mass is 9.87. The number of carbonyl (C=O) groups is 1. The fourth-order valence-electron chi connectivity index (χ4n) is 3.06. The standard InChI is InChI=1S/C17H21NO2/c1-12-7-9-14(10-8-12)18(2)17(19)16-11-13-5-3-4-6-15(13)20-16/h3-6,11-12,14H,7-10H2,1-2H3. The van der Waals surface area contributed by atoms with Crippen LogP contribution in [-0.4, -0.2) is 23.9 Å². The second-order valence-electron chi connectivity index (χ2n) is 5.98. The third-order valence-corrected chi connectivity index (χ3v) is 4.49. The molecule has 0 N–H and O–H groups in total. The molecule has 3 heteroatoms. The Hall–Kier alpha value is -1.77. The molecule has 3 nitrogen and oxygen atoms in total. The molecule has 0 saturated heterocycles. The highest BCUT2D eigenvalue weighted by molar-refractivity contribution is 5.96. The van der Waals surface area contributed by atoms with Crippen molar-refractivity contribution in [2.24, 2.45) is 5.92 Å². The van der Waals surface area contributed by atoms with Gasteiger partial charge in [0, 0.05) is 18.5 Å². The summed E-state index contributed by atoms with van der Waals surface area (Å²) < 4.78 is 5.67. The summed E-state index contributed by atoms with van der Waals surface area (Å²) in [4.78, 5) is 14.4. The molecule has 1 heterocycles. The van der Waals surface area contributed by atoms with Gasteiger partial charge in [0.1, 0.15) is 5.58 Å². The SMILES string of the molecule is CC1CCC(N(C)C(=O)c2cc3ccccc3o2)CC1. The summed E-state index contributed by atoms with van der Waals surface area (Å²) in [5, 5.41) is 0.988. The lowest BCUT2D eigenvalue weighted by Crippen LogP contribution is -2.39. The highest BCUT2D eigenvalue weighted by atomic mass is 16.3. The van der Waals surface area contributed by atoms with Gasteiger partial charge < -0.3 is 9.32 Å². The van der Waals surface area contributed by atoms with Crippen molar-refractivity contribution in [2.75, 3.05) is 7.05 Å². The molecule has 0 bridgehead atoms. The van der Waals surface area contributed by atoms with E-state index < -0.39 is 0 Å². The van der Waals surface area contributed by atoms with Crippen LogP contribution in [0.5, 0.6) is 0 Å². The molecule has 1 amide bonds. The minimum absolute atomic E-state index is 0.000697. The van der Waals surface area contributed by atoms with E-state index in [1.165, 1.54) is 12.8 Å². The Kier molecular flexibility index (Phi) is 3.51. The van der Waals surface area contributed by atoms with Crippen molar-refractivity contribution in [1.82, 2.24) is 4.90 Å². The number of amides is 1. The van der Waals surface area contributed by atoms with E-state index in [0.29, 0.717) is 11.8 Å². The first-order chi connectivity index (χ1) is 9.65. The number of rotatable bonds is 2. The van der Waals surface area contributed by atoms with Crippen molar-refractivity contribution in [1.29, 1.82) is 0 Å². The molecule has 1 aliphatic rings. The lowest BCUT2D eigenvalue weighted by molar-refractivity contribution is 0.0650. The zero-order chi connectivity index (χ0) is 14.1. The molecule has 0 aliphatic heterocycles. The maximum Gasteiger partial charge on any atom is 0.289 e. The molecular weight excluding hydrogens is 250 g/mol. The zero-order valence-electron chi connectivity index (χ0n) is 12.1. The van der Waals surface area contributed by atoms with Crippen LogP contribution in [0.2, 0.25) is 0 Å². The number of carbonyl (C=O) groups excluding carboxylic acids is 1. The van der Waals surface area contributed by atoms with E-state index in [1.54, 1.807) is 0 Å². The molecule has 20 heavy (non-hydrogen) atoms. The first-order valence-corrected chi connectivity index (χ1v) is 7.41. The van der Waals surface area contributed by atoms with Crippen molar-refractivity contribution in [3.63, 3.8) is 0 Å². The van der Waals surface area contributed by atoms with Crippen LogP contribution in [0.4, 0.5) is 0 Å². The van der Waals surface area contributed by atoms with Gasteiger partial charge >= 0.3 is 0 Å². The summed E-state index contributed by atoms with van der Waals surface area (Å²) in [5.74, 6) is 1.24. The number of hydrogen-bond donors (Lipinski definition) is 0.